The Morgan fingerprint density at radius 2 is 1.02 bits per heavy atom. The molecule has 0 spiro atoms. The van der Waals surface area contributed by atoms with Crippen molar-refractivity contribution in [2.45, 2.75) is 124 Å². The first-order valence-electron chi connectivity index (χ1n) is 13.7. The van der Waals surface area contributed by atoms with Crippen LogP contribution in [0.2, 0.25) is 0 Å². The molecule has 0 bridgehead atoms. The van der Waals surface area contributed by atoms with Gasteiger partial charge < -0.3 is 89.3 Å². The molecule has 18 atom stereocenters. The van der Waals surface area contributed by atoms with Crippen LogP contribution in [0.15, 0.2) is 0 Å². The number of ether oxygens (including phenoxy) is 7. The van der Waals surface area contributed by atoms with E-state index in [4.69, 9.17) is 33.2 Å². The lowest BCUT2D eigenvalue weighted by molar-refractivity contribution is -0.375. The molecule has 246 valence electrons. The lowest BCUT2D eigenvalue weighted by atomic mass is 9.96. The summed E-state index contributed by atoms with van der Waals surface area (Å²) in [7, 11) is 0. The Labute approximate surface area is 240 Å². The summed E-state index contributed by atoms with van der Waals surface area (Å²) >= 11 is 0. The fourth-order valence-corrected chi connectivity index (χ4v) is 5.43. The van der Waals surface area contributed by atoms with E-state index in [-0.39, 0.29) is 13.0 Å². The van der Waals surface area contributed by atoms with Gasteiger partial charge in [-0.25, -0.2) is 0 Å². The van der Waals surface area contributed by atoms with Crippen LogP contribution in [0.3, 0.4) is 0 Å². The van der Waals surface area contributed by atoms with Gasteiger partial charge in [0.05, 0.1) is 32.0 Å². The Kier molecular flexibility index (Phi) is 11.9. The minimum atomic E-state index is -1.85. The summed E-state index contributed by atoms with van der Waals surface area (Å²) in [5, 5.41) is 112. The molecule has 18 nitrogen and oxygen atoms in total. The third kappa shape index (κ3) is 6.91. The Hall–Kier alpha value is -0.720. The smallest absolute Gasteiger partial charge is 0.187 e. The maximum atomic E-state index is 11.1. The first-order valence-corrected chi connectivity index (χ1v) is 13.7. The van der Waals surface area contributed by atoms with Crippen LogP contribution in [0.5, 0.6) is 0 Å². The van der Waals surface area contributed by atoms with Crippen molar-refractivity contribution < 1.29 is 89.3 Å². The third-order valence-electron chi connectivity index (χ3n) is 8.02. The van der Waals surface area contributed by atoms with Crippen molar-refractivity contribution >= 4 is 0 Å². The van der Waals surface area contributed by atoms with Gasteiger partial charge in [-0.15, -0.1) is 0 Å². The SMILES string of the molecule is CC1OC(OC2C(CO)OCCC2OC2OC(CO)C(O)C(OC3OC(CO)C(O)C(O)C3O)C2O)C(O)C(O)C1O. The van der Waals surface area contributed by atoms with Crippen LogP contribution in [0.25, 0.3) is 0 Å². The van der Waals surface area contributed by atoms with Crippen molar-refractivity contribution in [3.63, 3.8) is 0 Å². The molecule has 18 heteroatoms. The Morgan fingerprint density at radius 1 is 0.524 bits per heavy atom. The monoisotopic (exact) mass is 618 g/mol. The second kappa shape index (κ2) is 14.6. The van der Waals surface area contributed by atoms with Gasteiger partial charge in [0, 0.05) is 6.61 Å². The van der Waals surface area contributed by atoms with Crippen molar-refractivity contribution in [2.75, 3.05) is 26.4 Å². The molecule has 42 heavy (non-hydrogen) atoms. The zero-order valence-corrected chi connectivity index (χ0v) is 22.7. The summed E-state index contributed by atoms with van der Waals surface area (Å²) < 4.78 is 39.3. The Bertz CT molecular complexity index is 837. The molecule has 4 saturated heterocycles. The molecule has 0 aromatic rings. The molecule has 4 aliphatic heterocycles. The van der Waals surface area contributed by atoms with E-state index in [1.165, 1.54) is 6.92 Å². The lowest BCUT2D eigenvalue weighted by Gasteiger charge is -2.48. The minimum absolute atomic E-state index is 0.0568. The maximum absolute atomic E-state index is 11.1. The van der Waals surface area contributed by atoms with Crippen molar-refractivity contribution in [1.29, 1.82) is 0 Å². The van der Waals surface area contributed by atoms with E-state index in [1.54, 1.807) is 0 Å². The van der Waals surface area contributed by atoms with Gasteiger partial charge in [-0.05, 0) is 13.3 Å². The molecule has 0 radical (unpaired) electrons. The molecule has 0 aromatic heterocycles. The predicted octanol–water partition coefficient (Wildman–Crippen LogP) is -7.01. The largest absolute Gasteiger partial charge is 0.394 e. The highest BCUT2D eigenvalue weighted by Gasteiger charge is 2.53. The van der Waals surface area contributed by atoms with E-state index >= 15 is 0 Å². The van der Waals surface area contributed by atoms with Crippen LogP contribution < -0.4 is 0 Å². The van der Waals surface area contributed by atoms with Gasteiger partial charge in [0.15, 0.2) is 18.9 Å². The first-order chi connectivity index (χ1) is 19.9. The number of aliphatic hydroxyl groups is 11. The molecule has 4 heterocycles. The summed E-state index contributed by atoms with van der Waals surface area (Å²) in [5.74, 6) is 0. The highest BCUT2D eigenvalue weighted by Crippen LogP contribution is 2.33. The molecule has 11 N–H and O–H groups in total. The molecule has 4 fully saturated rings. The predicted molar refractivity (Wildman–Crippen MR) is 130 cm³/mol. The lowest BCUT2D eigenvalue weighted by Crippen LogP contribution is -2.65. The van der Waals surface area contributed by atoms with E-state index in [1.807, 2.05) is 0 Å². The summed E-state index contributed by atoms with van der Waals surface area (Å²) in [6.45, 7) is -0.577. The van der Waals surface area contributed by atoms with E-state index in [0.29, 0.717) is 0 Å². The maximum Gasteiger partial charge on any atom is 0.187 e. The van der Waals surface area contributed by atoms with Crippen molar-refractivity contribution in [3.8, 4) is 0 Å². The molecule has 0 amide bonds. The third-order valence-corrected chi connectivity index (χ3v) is 8.02. The normalized spacial score (nSPS) is 52.3. The van der Waals surface area contributed by atoms with Crippen LogP contribution in [0.4, 0.5) is 0 Å². The van der Waals surface area contributed by atoms with Crippen LogP contribution in [-0.2, 0) is 33.2 Å². The Morgan fingerprint density at radius 3 is 1.62 bits per heavy atom. The molecular weight excluding hydrogens is 576 g/mol. The second-order valence-electron chi connectivity index (χ2n) is 10.8. The summed E-state index contributed by atoms with van der Waals surface area (Å²) in [4.78, 5) is 0. The standard InChI is InChI=1S/C24H42O18/c1-7-12(28)15(31)17(33)22(37-7)41-20-8(2-3-36-11(20)6-27)38-24-19(35)21(14(30)10(5-26)40-24)42-23-18(34)16(32)13(29)9(4-25)39-23/h7-35H,2-6H2,1H3. The van der Waals surface area contributed by atoms with Gasteiger partial charge in [-0.2, -0.15) is 0 Å². The van der Waals surface area contributed by atoms with Crippen molar-refractivity contribution in [3.05, 3.63) is 0 Å². The topological polar surface area (TPSA) is 287 Å². The van der Waals surface area contributed by atoms with E-state index in [9.17, 15) is 56.2 Å². The summed E-state index contributed by atoms with van der Waals surface area (Å²) in [6, 6.07) is 0. The van der Waals surface area contributed by atoms with E-state index in [0.717, 1.165) is 0 Å². The number of rotatable bonds is 9. The quantitative estimate of drug-likeness (QED) is 0.114. The number of hydrogen-bond donors (Lipinski definition) is 11. The van der Waals surface area contributed by atoms with Gasteiger partial charge >= 0.3 is 0 Å². The first kappa shape index (κ1) is 34.2. The highest BCUT2D eigenvalue weighted by atomic mass is 16.8. The minimum Gasteiger partial charge on any atom is -0.394 e. The highest BCUT2D eigenvalue weighted by molar-refractivity contribution is 4.96. The molecule has 0 saturated carbocycles. The average Bonchev–Trinajstić information content (AvgIpc) is 2.98. The van der Waals surface area contributed by atoms with Crippen molar-refractivity contribution in [2.24, 2.45) is 0 Å². The fourth-order valence-electron chi connectivity index (χ4n) is 5.43. The molecule has 4 rings (SSSR count). The van der Waals surface area contributed by atoms with E-state index < -0.39 is 130 Å². The van der Waals surface area contributed by atoms with Crippen LogP contribution in [0, 0.1) is 0 Å². The Balaban J connectivity index is 1.51. The number of aliphatic hydroxyl groups excluding tert-OH is 11. The number of hydrogen-bond acceptors (Lipinski definition) is 18. The zero-order chi connectivity index (χ0) is 30.9. The molecular formula is C24H42O18. The molecule has 4 aliphatic rings. The van der Waals surface area contributed by atoms with Gasteiger partial charge in [-0.3, -0.25) is 0 Å². The van der Waals surface area contributed by atoms with Gasteiger partial charge in [0.1, 0.15) is 79.4 Å². The van der Waals surface area contributed by atoms with Crippen LogP contribution >= 0.6 is 0 Å². The van der Waals surface area contributed by atoms with Gasteiger partial charge in [0.2, 0.25) is 0 Å². The average molecular weight is 619 g/mol. The molecule has 0 aliphatic carbocycles. The van der Waals surface area contributed by atoms with E-state index in [2.05, 4.69) is 0 Å². The summed E-state index contributed by atoms with van der Waals surface area (Å²) in [6.07, 6.45) is -26.8. The fraction of sp³-hybridized carbons (Fsp3) is 1.00. The zero-order valence-electron chi connectivity index (χ0n) is 22.7. The van der Waals surface area contributed by atoms with Gasteiger partial charge in [-0.1, -0.05) is 0 Å². The molecule has 0 aromatic carbocycles. The summed E-state index contributed by atoms with van der Waals surface area (Å²) in [5.41, 5.74) is 0. The molecule has 18 unspecified atom stereocenters. The van der Waals surface area contributed by atoms with Gasteiger partial charge in [0.25, 0.3) is 0 Å². The van der Waals surface area contributed by atoms with Crippen molar-refractivity contribution in [1.82, 2.24) is 0 Å². The van der Waals surface area contributed by atoms with Crippen LogP contribution in [0.1, 0.15) is 13.3 Å². The van der Waals surface area contributed by atoms with Crippen LogP contribution in [-0.4, -0.2) is 193 Å². The second-order valence-corrected chi connectivity index (χ2v) is 10.8.